The summed E-state index contributed by atoms with van der Waals surface area (Å²) >= 11 is 0. The van der Waals surface area contributed by atoms with Gasteiger partial charge in [-0.2, -0.15) is 29.9 Å². The number of anilines is 4. The minimum absolute atomic E-state index is 0.0216. The lowest BCUT2D eigenvalue weighted by Gasteiger charge is -2.15. The molecule has 2 atom stereocenters. The van der Waals surface area contributed by atoms with Gasteiger partial charge in [-0.1, -0.05) is 0 Å². The summed E-state index contributed by atoms with van der Waals surface area (Å²) in [6.45, 7) is 3.38. The molecular weight excluding hydrogens is 304 g/mol. The minimum Gasteiger partial charge on any atom is -0.368 e. The first-order valence-electron chi connectivity index (χ1n) is 6.62. The van der Waals surface area contributed by atoms with Crippen molar-refractivity contribution in [1.29, 1.82) is 0 Å². The van der Waals surface area contributed by atoms with E-state index in [1.807, 2.05) is 0 Å². The smallest absolute Gasteiger partial charge is 0.225 e. The van der Waals surface area contributed by atoms with Crippen molar-refractivity contribution in [1.82, 2.24) is 29.9 Å². The molecule has 2 rings (SSSR count). The predicted octanol–water partition coefficient (Wildman–Crippen LogP) is -0.802. The number of nitrogens with two attached hydrogens (primary N) is 4. The lowest BCUT2D eigenvalue weighted by molar-refractivity contribution is -0.115. The zero-order valence-electron chi connectivity index (χ0n) is 12.7. The molecule has 2 aromatic heterocycles. The van der Waals surface area contributed by atoms with Crippen LogP contribution >= 0.6 is 0 Å². The van der Waals surface area contributed by atoms with Gasteiger partial charge in [-0.15, -0.1) is 0 Å². The molecule has 0 saturated heterocycles. The predicted molar refractivity (Wildman–Crippen MR) is 81.2 cm³/mol. The largest absolute Gasteiger partial charge is 0.368 e. The molecule has 12 nitrogen and oxygen atoms in total. The average molecular weight is 322 g/mol. The van der Waals surface area contributed by atoms with Gasteiger partial charge in [0.15, 0.2) is 11.6 Å². The van der Waals surface area contributed by atoms with E-state index in [1.165, 1.54) is 0 Å². The third kappa shape index (κ3) is 4.55. The maximum atomic E-state index is 5.50. The number of rotatable bonds is 6. The molecule has 2 heterocycles. The van der Waals surface area contributed by atoms with Crippen molar-refractivity contribution < 1.29 is 9.47 Å². The molecule has 0 radical (unpaired) electrons. The first-order chi connectivity index (χ1) is 10.8. The van der Waals surface area contributed by atoms with E-state index >= 15 is 0 Å². The first-order valence-corrected chi connectivity index (χ1v) is 6.62. The van der Waals surface area contributed by atoms with Crippen molar-refractivity contribution in [3.8, 4) is 0 Å². The molecule has 124 valence electrons. The molecular formula is C11H18N10O2. The van der Waals surface area contributed by atoms with Crippen molar-refractivity contribution in [2.75, 3.05) is 29.7 Å². The van der Waals surface area contributed by atoms with Crippen LogP contribution in [0.25, 0.3) is 0 Å². The van der Waals surface area contributed by atoms with Gasteiger partial charge in [-0.05, 0) is 13.8 Å². The zero-order valence-corrected chi connectivity index (χ0v) is 12.7. The molecule has 0 bridgehead atoms. The second-order valence-electron chi connectivity index (χ2n) is 4.56. The summed E-state index contributed by atoms with van der Waals surface area (Å²) in [7, 11) is 0. The number of nitrogen functional groups attached to an aromatic ring is 4. The Morgan fingerprint density at radius 3 is 1.26 bits per heavy atom. The monoisotopic (exact) mass is 322 g/mol. The number of hydrogen-bond donors (Lipinski definition) is 4. The Bertz CT molecular complexity index is 584. The molecule has 2 aromatic rings. The van der Waals surface area contributed by atoms with Gasteiger partial charge < -0.3 is 32.4 Å². The molecule has 0 saturated carbocycles. The summed E-state index contributed by atoms with van der Waals surface area (Å²) in [4.78, 5) is 23.1. The normalized spacial score (nSPS) is 13.7. The summed E-state index contributed by atoms with van der Waals surface area (Å²) in [6.07, 6.45) is -0.994. The summed E-state index contributed by atoms with van der Waals surface area (Å²) in [5.41, 5.74) is 22.0. The number of nitrogens with zero attached hydrogens (tertiary/aromatic N) is 6. The highest BCUT2D eigenvalue weighted by Gasteiger charge is 2.15. The molecule has 0 aliphatic carbocycles. The standard InChI is InChI=1S/C11H18N10O2/c1-4(6-16-8(12)20-9(13)17-6)22-3-23-5(2)7-18-10(14)21-11(15)19-7/h4-5H,3H2,1-2H3,(H4,12,13,16,17,20)(H4,14,15,18,19,21). The molecule has 0 amide bonds. The second-order valence-corrected chi connectivity index (χ2v) is 4.56. The van der Waals surface area contributed by atoms with Crippen LogP contribution in [-0.2, 0) is 9.47 Å². The molecule has 2 unspecified atom stereocenters. The van der Waals surface area contributed by atoms with Crippen LogP contribution in [-0.4, -0.2) is 36.7 Å². The number of ether oxygens (including phenoxy) is 2. The van der Waals surface area contributed by atoms with E-state index in [4.69, 9.17) is 32.4 Å². The van der Waals surface area contributed by atoms with Gasteiger partial charge in [0.05, 0.1) is 0 Å². The maximum absolute atomic E-state index is 5.50. The van der Waals surface area contributed by atoms with E-state index in [9.17, 15) is 0 Å². The summed E-state index contributed by atoms with van der Waals surface area (Å²) in [5.74, 6) is 0.697. The quantitative estimate of drug-likeness (QED) is 0.483. The third-order valence-electron chi connectivity index (χ3n) is 2.74. The highest BCUT2D eigenvalue weighted by molar-refractivity contribution is 5.27. The van der Waals surface area contributed by atoms with Crippen LogP contribution in [0.3, 0.4) is 0 Å². The topological polar surface area (TPSA) is 200 Å². The number of aromatic nitrogens is 6. The van der Waals surface area contributed by atoms with E-state index in [0.717, 1.165) is 0 Å². The van der Waals surface area contributed by atoms with Crippen LogP contribution in [0.1, 0.15) is 37.7 Å². The van der Waals surface area contributed by atoms with Gasteiger partial charge in [-0.25, -0.2) is 0 Å². The molecule has 23 heavy (non-hydrogen) atoms. The van der Waals surface area contributed by atoms with Gasteiger partial charge in [-0.3, -0.25) is 0 Å². The highest BCUT2D eigenvalue weighted by Crippen LogP contribution is 2.17. The first kappa shape index (κ1) is 16.5. The molecule has 0 aromatic carbocycles. The molecule has 0 aliphatic heterocycles. The third-order valence-corrected chi connectivity index (χ3v) is 2.74. The maximum Gasteiger partial charge on any atom is 0.225 e. The lowest BCUT2D eigenvalue weighted by Crippen LogP contribution is -2.15. The van der Waals surface area contributed by atoms with Crippen molar-refractivity contribution >= 4 is 23.8 Å². The van der Waals surface area contributed by atoms with Crippen LogP contribution < -0.4 is 22.9 Å². The minimum atomic E-state index is -0.497. The van der Waals surface area contributed by atoms with E-state index in [0.29, 0.717) is 11.6 Å². The van der Waals surface area contributed by atoms with Crippen LogP contribution in [0.5, 0.6) is 0 Å². The summed E-state index contributed by atoms with van der Waals surface area (Å²) in [6, 6.07) is 0. The highest BCUT2D eigenvalue weighted by atomic mass is 16.7. The lowest BCUT2D eigenvalue weighted by atomic mass is 10.4. The Labute approximate surface area is 131 Å². The SMILES string of the molecule is CC(OCOC(C)c1nc(N)nc(N)n1)c1nc(N)nc(N)n1. The fraction of sp³-hybridized carbons (Fsp3) is 0.455. The fourth-order valence-corrected chi connectivity index (χ4v) is 1.61. The molecule has 0 spiro atoms. The number of hydrogen-bond acceptors (Lipinski definition) is 12. The Balaban J connectivity index is 1.90. The van der Waals surface area contributed by atoms with Crippen molar-refractivity contribution in [3.63, 3.8) is 0 Å². The van der Waals surface area contributed by atoms with E-state index in [2.05, 4.69) is 29.9 Å². The zero-order chi connectivity index (χ0) is 17.0. The van der Waals surface area contributed by atoms with Gasteiger partial charge in [0.25, 0.3) is 0 Å². The van der Waals surface area contributed by atoms with E-state index < -0.39 is 12.2 Å². The van der Waals surface area contributed by atoms with E-state index in [1.54, 1.807) is 13.8 Å². The van der Waals surface area contributed by atoms with Crippen LogP contribution in [0.2, 0.25) is 0 Å². The van der Waals surface area contributed by atoms with Gasteiger partial charge >= 0.3 is 0 Å². The second kappa shape index (κ2) is 6.93. The van der Waals surface area contributed by atoms with Crippen LogP contribution in [0.15, 0.2) is 0 Å². The van der Waals surface area contributed by atoms with Crippen molar-refractivity contribution in [3.05, 3.63) is 11.6 Å². The van der Waals surface area contributed by atoms with Gasteiger partial charge in [0, 0.05) is 0 Å². The van der Waals surface area contributed by atoms with Gasteiger partial charge in [0.2, 0.25) is 23.8 Å². The average Bonchev–Trinajstić information content (AvgIpc) is 2.44. The Hall–Kier alpha value is -2.86. The summed E-state index contributed by atoms with van der Waals surface area (Å²) < 4.78 is 10.9. The Kier molecular flexibility index (Phi) is 4.98. The summed E-state index contributed by atoms with van der Waals surface area (Å²) in [5, 5.41) is 0. The molecule has 8 N–H and O–H groups in total. The van der Waals surface area contributed by atoms with E-state index in [-0.39, 0.29) is 30.6 Å². The molecule has 0 aliphatic rings. The van der Waals surface area contributed by atoms with Crippen molar-refractivity contribution in [2.24, 2.45) is 0 Å². The molecule has 0 fully saturated rings. The molecule has 12 heteroatoms. The van der Waals surface area contributed by atoms with Gasteiger partial charge in [0.1, 0.15) is 19.0 Å². The Morgan fingerprint density at radius 2 is 0.957 bits per heavy atom. The van der Waals surface area contributed by atoms with Crippen LogP contribution in [0, 0.1) is 0 Å². The fourth-order valence-electron chi connectivity index (χ4n) is 1.61. The van der Waals surface area contributed by atoms with Crippen molar-refractivity contribution in [2.45, 2.75) is 26.1 Å². The van der Waals surface area contributed by atoms with Crippen LogP contribution in [0.4, 0.5) is 23.8 Å². The Morgan fingerprint density at radius 1 is 0.652 bits per heavy atom.